The highest BCUT2D eigenvalue weighted by Gasteiger charge is 2.20. The molecule has 0 unspecified atom stereocenters. The number of benzene rings is 1. The number of allylic oxidation sites excluding steroid dienone is 1. The topological polar surface area (TPSA) is 85.8 Å². The molecule has 2 aromatic rings. The maximum Gasteiger partial charge on any atom is 0.233 e. The fraction of sp³-hybridized carbons (Fsp3) is 0.421. The molecule has 6 nitrogen and oxygen atoms in total. The van der Waals surface area contributed by atoms with Gasteiger partial charge in [-0.3, -0.25) is 4.79 Å². The zero-order valence-electron chi connectivity index (χ0n) is 15.3. The van der Waals surface area contributed by atoms with Gasteiger partial charge in [0.2, 0.25) is 11.1 Å². The van der Waals surface area contributed by atoms with Crippen LogP contribution < -0.4 is 11.2 Å². The molecule has 0 saturated carbocycles. The van der Waals surface area contributed by atoms with Gasteiger partial charge in [0.15, 0.2) is 5.82 Å². The summed E-state index contributed by atoms with van der Waals surface area (Å²) in [6, 6.07) is 7.26. The number of hydrogen-bond acceptors (Lipinski definition) is 5. The van der Waals surface area contributed by atoms with E-state index in [-0.39, 0.29) is 11.2 Å². The summed E-state index contributed by atoms with van der Waals surface area (Å²) in [5, 5.41) is 12.0. The Labute approximate surface area is 168 Å². The maximum atomic E-state index is 12.4. The van der Waals surface area contributed by atoms with Gasteiger partial charge in [-0.05, 0) is 51.2 Å². The molecule has 27 heavy (non-hydrogen) atoms. The second-order valence-corrected chi connectivity index (χ2v) is 8.34. The van der Waals surface area contributed by atoms with Gasteiger partial charge in [0.25, 0.3) is 0 Å². The smallest absolute Gasteiger partial charge is 0.233 e. The first-order valence-corrected chi connectivity index (χ1v) is 10.4. The van der Waals surface area contributed by atoms with Crippen LogP contribution >= 0.6 is 23.4 Å². The normalized spacial score (nSPS) is 15.3. The molecule has 3 rings (SSSR count). The molecule has 1 heterocycles. The highest BCUT2D eigenvalue weighted by Crippen LogP contribution is 2.26. The highest BCUT2D eigenvalue weighted by molar-refractivity contribution is 8.00. The minimum atomic E-state index is -0.316. The van der Waals surface area contributed by atoms with Gasteiger partial charge in [0.1, 0.15) is 0 Å². The van der Waals surface area contributed by atoms with Crippen LogP contribution in [0, 0.1) is 0 Å². The Balaban J connectivity index is 1.55. The predicted octanol–water partition coefficient (Wildman–Crippen LogP) is 3.80. The molecule has 0 bridgehead atoms. The number of nitrogen functional groups attached to an aromatic ring is 1. The van der Waals surface area contributed by atoms with Gasteiger partial charge in [0, 0.05) is 17.1 Å². The van der Waals surface area contributed by atoms with Crippen LogP contribution in [0.4, 0.5) is 0 Å². The third-order valence-corrected chi connectivity index (χ3v) is 5.82. The summed E-state index contributed by atoms with van der Waals surface area (Å²) < 4.78 is 1.40. The number of aromatic nitrogens is 3. The maximum absolute atomic E-state index is 12.4. The average Bonchev–Trinajstić information content (AvgIpc) is 3.03. The van der Waals surface area contributed by atoms with E-state index in [4.69, 9.17) is 17.4 Å². The standard InChI is InChI=1S/C19H24ClN5OS/c1-13(18(26)22-11-10-14-6-3-2-4-7-14)27-19-24-23-17(25(19)21)15-8-5-9-16(20)12-15/h5-6,8-9,12-13H,2-4,7,10-11,21H2,1H3,(H,22,26)/t13-/m0/s1. The quantitative estimate of drug-likeness (QED) is 0.415. The van der Waals surface area contributed by atoms with E-state index in [0.717, 1.165) is 24.8 Å². The van der Waals surface area contributed by atoms with E-state index < -0.39 is 0 Å². The SMILES string of the molecule is C[C@H](Sc1nnc(-c2cccc(Cl)c2)n1N)C(=O)NCCC1=CCCCC1. The van der Waals surface area contributed by atoms with Crippen molar-refractivity contribution in [3.05, 3.63) is 40.9 Å². The Morgan fingerprint density at radius 2 is 2.26 bits per heavy atom. The van der Waals surface area contributed by atoms with Crippen LogP contribution in [-0.2, 0) is 4.79 Å². The molecule has 1 aromatic carbocycles. The fourth-order valence-corrected chi connectivity index (χ4v) is 4.00. The number of nitrogens with one attached hydrogen (secondary N) is 1. The predicted molar refractivity (Wildman–Crippen MR) is 110 cm³/mol. The third-order valence-electron chi connectivity index (χ3n) is 4.53. The Bertz CT molecular complexity index is 835. The molecule has 0 spiro atoms. The third kappa shape index (κ3) is 5.26. The monoisotopic (exact) mass is 405 g/mol. The molecule has 1 atom stereocenters. The van der Waals surface area contributed by atoms with E-state index in [0.29, 0.717) is 22.5 Å². The fourth-order valence-electron chi connectivity index (χ4n) is 3.02. The number of nitrogens with zero attached hydrogens (tertiary/aromatic N) is 3. The van der Waals surface area contributed by atoms with Crippen LogP contribution in [0.25, 0.3) is 11.4 Å². The van der Waals surface area contributed by atoms with Crippen molar-refractivity contribution in [3.63, 3.8) is 0 Å². The van der Waals surface area contributed by atoms with Crippen LogP contribution in [-0.4, -0.2) is 32.6 Å². The van der Waals surface area contributed by atoms with Crippen molar-refractivity contribution in [2.45, 2.75) is 49.4 Å². The second-order valence-electron chi connectivity index (χ2n) is 6.60. The first-order valence-electron chi connectivity index (χ1n) is 9.13. The lowest BCUT2D eigenvalue weighted by Crippen LogP contribution is -2.32. The molecule has 1 aliphatic rings. The van der Waals surface area contributed by atoms with Gasteiger partial charge in [0.05, 0.1) is 5.25 Å². The molecule has 1 amide bonds. The number of thioether (sulfide) groups is 1. The summed E-state index contributed by atoms with van der Waals surface area (Å²) in [6.07, 6.45) is 8.09. The van der Waals surface area contributed by atoms with Crippen LogP contribution in [0.2, 0.25) is 5.02 Å². The molecule has 1 aliphatic carbocycles. The van der Waals surface area contributed by atoms with Crippen molar-refractivity contribution < 1.29 is 4.79 Å². The summed E-state index contributed by atoms with van der Waals surface area (Å²) in [5.74, 6) is 6.61. The Hall–Kier alpha value is -1.99. The largest absolute Gasteiger partial charge is 0.355 e. The summed E-state index contributed by atoms with van der Waals surface area (Å²) in [6.45, 7) is 2.51. The zero-order valence-corrected chi connectivity index (χ0v) is 16.9. The molecule has 3 N–H and O–H groups in total. The second kappa shape index (κ2) is 9.28. The Kier molecular flexibility index (Phi) is 6.79. The molecule has 1 aromatic heterocycles. The van der Waals surface area contributed by atoms with E-state index in [1.54, 1.807) is 12.1 Å². The van der Waals surface area contributed by atoms with Crippen LogP contribution in [0.5, 0.6) is 0 Å². The number of nitrogens with two attached hydrogens (primary N) is 1. The van der Waals surface area contributed by atoms with E-state index in [1.165, 1.54) is 34.9 Å². The van der Waals surface area contributed by atoms with Gasteiger partial charge < -0.3 is 11.2 Å². The first kappa shape index (κ1) is 19.8. The average molecular weight is 406 g/mol. The summed E-state index contributed by atoms with van der Waals surface area (Å²) in [5.41, 5.74) is 2.23. The van der Waals surface area contributed by atoms with Crippen molar-refractivity contribution >= 4 is 29.3 Å². The van der Waals surface area contributed by atoms with Gasteiger partial charge in [-0.2, -0.15) is 0 Å². The summed E-state index contributed by atoms with van der Waals surface area (Å²) >= 11 is 7.31. The van der Waals surface area contributed by atoms with Gasteiger partial charge in [-0.25, -0.2) is 4.68 Å². The number of rotatable bonds is 7. The molecular weight excluding hydrogens is 382 g/mol. The van der Waals surface area contributed by atoms with Crippen molar-refractivity contribution in [3.8, 4) is 11.4 Å². The number of hydrogen-bond donors (Lipinski definition) is 2. The van der Waals surface area contributed by atoms with Crippen LogP contribution in [0.1, 0.15) is 39.0 Å². The van der Waals surface area contributed by atoms with Gasteiger partial charge in [-0.15, -0.1) is 10.2 Å². The minimum Gasteiger partial charge on any atom is -0.355 e. The molecule has 8 heteroatoms. The number of carbonyl (C=O) groups excluding carboxylic acids is 1. The summed E-state index contributed by atoms with van der Waals surface area (Å²) in [4.78, 5) is 12.4. The molecule has 0 fully saturated rings. The lowest BCUT2D eigenvalue weighted by Gasteiger charge is -2.14. The van der Waals surface area contributed by atoms with Crippen molar-refractivity contribution in [1.82, 2.24) is 20.2 Å². The molecule has 0 radical (unpaired) electrons. The lowest BCUT2D eigenvalue weighted by atomic mass is 9.97. The van der Waals surface area contributed by atoms with Crippen molar-refractivity contribution in [2.75, 3.05) is 12.4 Å². The summed E-state index contributed by atoms with van der Waals surface area (Å²) in [7, 11) is 0. The van der Waals surface area contributed by atoms with Gasteiger partial charge in [-0.1, -0.05) is 47.1 Å². The number of amides is 1. The van der Waals surface area contributed by atoms with Crippen LogP contribution in [0.3, 0.4) is 0 Å². The Morgan fingerprint density at radius 1 is 1.41 bits per heavy atom. The first-order chi connectivity index (χ1) is 13.0. The highest BCUT2D eigenvalue weighted by atomic mass is 35.5. The molecule has 0 aliphatic heterocycles. The van der Waals surface area contributed by atoms with E-state index in [2.05, 4.69) is 21.6 Å². The molecule has 144 valence electrons. The minimum absolute atomic E-state index is 0.0243. The van der Waals surface area contributed by atoms with Gasteiger partial charge >= 0.3 is 0 Å². The van der Waals surface area contributed by atoms with Crippen molar-refractivity contribution in [2.24, 2.45) is 0 Å². The Morgan fingerprint density at radius 3 is 3.00 bits per heavy atom. The lowest BCUT2D eigenvalue weighted by molar-refractivity contribution is -0.120. The van der Waals surface area contributed by atoms with E-state index in [9.17, 15) is 4.79 Å². The molecular formula is C19H24ClN5OS. The number of carbonyl (C=O) groups is 1. The van der Waals surface area contributed by atoms with Crippen molar-refractivity contribution in [1.29, 1.82) is 0 Å². The van der Waals surface area contributed by atoms with E-state index >= 15 is 0 Å². The van der Waals surface area contributed by atoms with Crippen LogP contribution in [0.15, 0.2) is 41.1 Å². The molecule has 0 saturated heterocycles. The number of halogens is 1. The zero-order chi connectivity index (χ0) is 19.2. The van der Waals surface area contributed by atoms with E-state index in [1.807, 2.05) is 19.1 Å².